The minimum atomic E-state index is -0.550. The zero-order valence-electron chi connectivity index (χ0n) is 13.4. The Morgan fingerprint density at radius 2 is 2.00 bits per heavy atom. The van der Waals surface area contributed by atoms with Crippen molar-refractivity contribution in [3.8, 4) is 11.6 Å². The first-order chi connectivity index (χ1) is 11.2. The van der Waals surface area contributed by atoms with Gasteiger partial charge in [-0.1, -0.05) is 11.6 Å². The number of non-ortho nitro benzene ring substituents is 1. The second-order valence-electron chi connectivity index (χ2n) is 6.06. The second-order valence-corrected chi connectivity index (χ2v) is 6.47. The van der Waals surface area contributed by atoms with E-state index in [2.05, 4.69) is 10.3 Å². The molecule has 0 radical (unpaired) electrons. The number of benzene rings is 1. The van der Waals surface area contributed by atoms with Gasteiger partial charge < -0.3 is 10.1 Å². The number of hydrogen-bond donors (Lipinski definition) is 1. The average molecular weight is 350 g/mol. The summed E-state index contributed by atoms with van der Waals surface area (Å²) < 4.78 is 5.52. The average Bonchev–Trinajstić information content (AvgIpc) is 2.47. The maximum Gasteiger partial charge on any atom is 0.271 e. The van der Waals surface area contributed by atoms with E-state index in [1.165, 1.54) is 30.5 Å². The minimum Gasteiger partial charge on any atom is -0.437 e. The van der Waals surface area contributed by atoms with Gasteiger partial charge in [-0.3, -0.25) is 14.9 Å². The maximum atomic E-state index is 12.2. The summed E-state index contributed by atoms with van der Waals surface area (Å²) in [5.74, 6) is 0.111. The molecule has 0 bridgehead atoms. The van der Waals surface area contributed by atoms with E-state index in [0.29, 0.717) is 5.56 Å². The van der Waals surface area contributed by atoms with Crippen molar-refractivity contribution in [1.82, 2.24) is 10.3 Å². The number of nitrogens with one attached hydrogen (secondary N) is 1. The van der Waals surface area contributed by atoms with Crippen LogP contribution in [0.3, 0.4) is 0 Å². The molecule has 0 aliphatic heterocycles. The van der Waals surface area contributed by atoms with Crippen LogP contribution in [0.15, 0.2) is 36.5 Å². The number of amides is 1. The molecule has 0 spiro atoms. The summed E-state index contributed by atoms with van der Waals surface area (Å²) in [5, 5.41) is 13.6. The third-order valence-corrected chi connectivity index (χ3v) is 3.12. The predicted molar refractivity (Wildman–Crippen MR) is 89.6 cm³/mol. The van der Waals surface area contributed by atoms with Gasteiger partial charge in [-0.25, -0.2) is 4.98 Å². The molecule has 0 aliphatic rings. The molecule has 8 heteroatoms. The molecule has 2 aromatic rings. The van der Waals surface area contributed by atoms with E-state index >= 15 is 0 Å². The lowest BCUT2D eigenvalue weighted by Crippen LogP contribution is -2.40. The van der Waals surface area contributed by atoms with Crippen molar-refractivity contribution in [1.29, 1.82) is 0 Å². The van der Waals surface area contributed by atoms with Crippen LogP contribution in [0, 0.1) is 10.1 Å². The molecule has 1 aromatic carbocycles. The molecule has 1 N–H and O–H groups in total. The van der Waals surface area contributed by atoms with Crippen molar-refractivity contribution in [2.45, 2.75) is 26.3 Å². The molecule has 0 saturated carbocycles. The quantitative estimate of drug-likeness (QED) is 0.665. The summed E-state index contributed by atoms with van der Waals surface area (Å²) in [6.07, 6.45) is 1.44. The van der Waals surface area contributed by atoms with Crippen molar-refractivity contribution in [3.63, 3.8) is 0 Å². The molecule has 1 aromatic heterocycles. The van der Waals surface area contributed by atoms with Gasteiger partial charge in [-0.15, -0.1) is 0 Å². The van der Waals surface area contributed by atoms with E-state index in [1.54, 1.807) is 6.07 Å². The van der Waals surface area contributed by atoms with Crippen LogP contribution >= 0.6 is 11.6 Å². The van der Waals surface area contributed by atoms with Crippen LogP contribution in [-0.4, -0.2) is 21.4 Å². The Labute approximate surface area is 143 Å². The van der Waals surface area contributed by atoms with E-state index in [9.17, 15) is 14.9 Å². The highest BCUT2D eigenvalue weighted by Gasteiger charge is 2.17. The molecule has 0 saturated heterocycles. The predicted octanol–water partition coefficient (Wildman–Crippen LogP) is 3.96. The number of rotatable bonds is 4. The summed E-state index contributed by atoms with van der Waals surface area (Å²) in [4.78, 5) is 26.3. The maximum absolute atomic E-state index is 12.2. The van der Waals surface area contributed by atoms with E-state index in [4.69, 9.17) is 16.3 Å². The number of nitro benzene ring substituents is 1. The second kappa shape index (κ2) is 6.84. The van der Waals surface area contributed by atoms with Crippen LogP contribution < -0.4 is 10.1 Å². The van der Waals surface area contributed by atoms with Crippen molar-refractivity contribution in [2.24, 2.45) is 0 Å². The molecular weight excluding hydrogens is 334 g/mol. The topological polar surface area (TPSA) is 94.4 Å². The number of nitro groups is 1. The van der Waals surface area contributed by atoms with E-state index in [-0.39, 0.29) is 33.8 Å². The molecule has 24 heavy (non-hydrogen) atoms. The standard InChI is InChI=1S/C16H16ClN3O4/c1-16(2,3)19-15(21)10-6-7-18-14(8-10)24-13-5-4-11(20(22)23)9-12(13)17/h4-9H,1-3H3,(H,19,21). The van der Waals surface area contributed by atoms with Crippen LogP contribution in [-0.2, 0) is 0 Å². The molecule has 1 amide bonds. The summed E-state index contributed by atoms with van der Waals surface area (Å²) in [6, 6.07) is 6.87. The zero-order valence-corrected chi connectivity index (χ0v) is 14.1. The van der Waals surface area contributed by atoms with Crippen molar-refractivity contribution in [2.75, 3.05) is 0 Å². The summed E-state index contributed by atoms with van der Waals surface area (Å²) >= 11 is 5.98. The van der Waals surface area contributed by atoms with Gasteiger partial charge in [0.15, 0.2) is 0 Å². The number of nitrogens with zero attached hydrogens (tertiary/aromatic N) is 2. The number of halogens is 1. The van der Waals surface area contributed by atoms with Gasteiger partial charge in [0.05, 0.1) is 9.95 Å². The van der Waals surface area contributed by atoms with Gasteiger partial charge >= 0.3 is 0 Å². The summed E-state index contributed by atoms with van der Waals surface area (Å²) in [7, 11) is 0. The fourth-order valence-corrected chi connectivity index (χ4v) is 2.03. The first kappa shape index (κ1) is 17.7. The molecule has 2 rings (SSSR count). The molecular formula is C16H16ClN3O4. The molecule has 0 atom stereocenters. The molecule has 126 valence electrons. The van der Waals surface area contributed by atoms with Crippen molar-refractivity contribution < 1.29 is 14.5 Å². The third kappa shape index (κ3) is 4.66. The highest BCUT2D eigenvalue weighted by molar-refractivity contribution is 6.32. The first-order valence-electron chi connectivity index (χ1n) is 7.06. The highest BCUT2D eigenvalue weighted by atomic mass is 35.5. The minimum absolute atomic E-state index is 0.0792. The summed E-state index contributed by atoms with van der Waals surface area (Å²) in [5.41, 5.74) is -0.130. The summed E-state index contributed by atoms with van der Waals surface area (Å²) in [6.45, 7) is 5.63. The van der Waals surface area contributed by atoms with E-state index in [1.807, 2.05) is 20.8 Å². The SMILES string of the molecule is CC(C)(C)NC(=O)c1ccnc(Oc2ccc([N+](=O)[O-])cc2Cl)c1. The number of ether oxygens (including phenoxy) is 1. The number of carbonyl (C=O) groups is 1. The molecule has 0 fully saturated rings. The number of hydrogen-bond acceptors (Lipinski definition) is 5. The van der Waals surface area contributed by atoms with Gasteiger partial charge in [-0.2, -0.15) is 0 Å². The van der Waals surface area contributed by atoms with Gasteiger partial charge in [0.1, 0.15) is 5.75 Å². The van der Waals surface area contributed by atoms with E-state index in [0.717, 1.165) is 0 Å². The van der Waals surface area contributed by atoms with Gasteiger partial charge in [0.2, 0.25) is 5.88 Å². The Kier molecular flexibility index (Phi) is 5.04. The Morgan fingerprint density at radius 3 is 2.58 bits per heavy atom. The Morgan fingerprint density at radius 1 is 1.29 bits per heavy atom. The molecule has 7 nitrogen and oxygen atoms in total. The lowest BCUT2D eigenvalue weighted by atomic mass is 10.1. The van der Waals surface area contributed by atoms with Gasteiger partial charge in [-0.05, 0) is 32.9 Å². The van der Waals surface area contributed by atoms with E-state index < -0.39 is 4.92 Å². The lowest BCUT2D eigenvalue weighted by Gasteiger charge is -2.20. The number of pyridine rings is 1. The van der Waals surface area contributed by atoms with Crippen LogP contribution in [0.25, 0.3) is 0 Å². The smallest absolute Gasteiger partial charge is 0.271 e. The Hall–Kier alpha value is -2.67. The lowest BCUT2D eigenvalue weighted by molar-refractivity contribution is -0.384. The first-order valence-corrected chi connectivity index (χ1v) is 7.44. The van der Waals surface area contributed by atoms with Crippen LogP contribution in [0.1, 0.15) is 31.1 Å². The fraction of sp³-hybridized carbons (Fsp3) is 0.250. The van der Waals surface area contributed by atoms with Crippen molar-refractivity contribution >= 4 is 23.2 Å². The Balaban J connectivity index is 2.21. The monoisotopic (exact) mass is 349 g/mol. The Bertz CT molecular complexity index is 787. The van der Waals surface area contributed by atoms with Gasteiger partial charge in [0.25, 0.3) is 11.6 Å². The van der Waals surface area contributed by atoms with Crippen LogP contribution in [0.2, 0.25) is 5.02 Å². The van der Waals surface area contributed by atoms with Crippen molar-refractivity contribution in [3.05, 3.63) is 57.2 Å². The molecule has 1 heterocycles. The molecule has 0 aliphatic carbocycles. The molecule has 0 unspecified atom stereocenters. The normalized spacial score (nSPS) is 11.0. The number of carbonyl (C=O) groups excluding carboxylic acids is 1. The van der Waals surface area contributed by atoms with Gasteiger partial charge in [0, 0.05) is 35.5 Å². The number of aromatic nitrogens is 1. The van der Waals surface area contributed by atoms with Crippen LogP contribution in [0.4, 0.5) is 5.69 Å². The third-order valence-electron chi connectivity index (χ3n) is 2.83. The zero-order chi connectivity index (χ0) is 17.9. The largest absolute Gasteiger partial charge is 0.437 e. The fourth-order valence-electron chi connectivity index (χ4n) is 1.82. The highest BCUT2D eigenvalue weighted by Crippen LogP contribution is 2.31. The van der Waals surface area contributed by atoms with Crippen LogP contribution in [0.5, 0.6) is 11.6 Å².